The van der Waals surface area contributed by atoms with Gasteiger partial charge in [-0.05, 0) is 30.4 Å². The second-order valence-electron chi connectivity index (χ2n) is 4.81. The van der Waals surface area contributed by atoms with Gasteiger partial charge in [-0.15, -0.1) is 0 Å². The third-order valence-corrected chi connectivity index (χ3v) is 4.04. The molecule has 2 rings (SSSR count). The van der Waals surface area contributed by atoms with Crippen molar-refractivity contribution in [2.45, 2.75) is 38.8 Å². The van der Waals surface area contributed by atoms with E-state index in [0.717, 1.165) is 23.7 Å². The molecule has 102 valence electrons. The first kappa shape index (κ1) is 14.1. The van der Waals surface area contributed by atoms with Gasteiger partial charge in [-0.3, -0.25) is 0 Å². The molecule has 0 spiro atoms. The molecule has 0 aliphatic carbocycles. The summed E-state index contributed by atoms with van der Waals surface area (Å²) in [6.45, 7) is 4.10. The maximum atomic E-state index is 6.06. The first-order valence-electron chi connectivity index (χ1n) is 6.49. The molecule has 0 bridgehead atoms. The lowest BCUT2D eigenvalue weighted by Gasteiger charge is -2.14. The van der Waals surface area contributed by atoms with E-state index in [9.17, 15) is 0 Å². The summed E-state index contributed by atoms with van der Waals surface area (Å²) in [6, 6.07) is 8.14. The van der Waals surface area contributed by atoms with Gasteiger partial charge < -0.3 is 11.5 Å². The minimum atomic E-state index is -0.214. The van der Waals surface area contributed by atoms with Crippen molar-refractivity contribution in [1.82, 2.24) is 9.36 Å². The molecular formula is C14H20N4S. The predicted octanol–water partition coefficient (Wildman–Crippen LogP) is 2.17. The van der Waals surface area contributed by atoms with Crippen molar-refractivity contribution < 1.29 is 0 Å². The Hall–Kier alpha value is -1.30. The SMILES string of the molecule is CCC(N)[C@@H](N)c1nc(Cc2ccc(C)cc2)ns1. The summed E-state index contributed by atoms with van der Waals surface area (Å²) in [4.78, 5) is 4.50. The quantitative estimate of drug-likeness (QED) is 0.877. The second-order valence-corrected chi connectivity index (χ2v) is 5.59. The smallest absolute Gasteiger partial charge is 0.147 e. The Balaban J connectivity index is 2.07. The van der Waals surface area contributed by atoms with Gasteiger partial charge in [-0.25, -0.2) is 4.98 Å². The first-order chi connectivity index (χ1) is 9.10. The highest BCUT2D eigenvalue weighted by Gasteiger charge is 2.18. The van der Waals surface area contributed by atoms with E-state index in [1.54, 1.807) is 0 Å². The van der Waals surface area contributed by atoms with Crippen LogP contribution < -0.4 is 11.5 Å². The van der Waals surface area contributed by atoms with Gasteiger partial charge in [-0.1, -0.05) is 36.8 Å². The average Bonchev–Trinajstić information content (AvgIpc) is 2.88. The molecule has 4 nitrogen and oxygen atoms in total. The molecule has 19 heavy (non-hydrogen) atoms. The van der Waals surface area contributed by atoms with Crippen molar-refractivity contribution in [3.05, 3.63) is 46.2 Å². The molecule has 0 saturated heterocycles. The number of aromatic nitrogens is 2. The van der Waals surface area contributed by atoms with Crippen LogP contribution >= 0.6 is 11.5 Å². The lowest BCUT2D eigenvalue weighted by molar-refractivity contribution is 0.529. The van der Waals surface area contributed by atoms with Crippen molar-refractivity contribution in [3.8, 4) is 0 Å². The summed E-state index contributed by atoms with van der Waals surface area (Å²) >= 11 is 1.36. The van der Waals surface area contributed by atoms with Crippen molar-refractivity contribution in [1.29, 1.82) is 0 Å². The monoisotopic (exact) mass is 276 g/mol. The summed E-state index contributed by atoms with van der Waals surface area (Å²) in [7, 11) is 0. The highest BCUT2D eigenvalue weighted by atomic mass is 32.1. The molecule has 1 aromatic heterocycles. The molecule has 0 amide bonds. The Bertz CT molecular complexity index is 520. The van der Waals surface area contributed by atoms with E-state index in [0.29, 0.717) is 0 Å². The maximum absolute atomic E-state index is 6.06. The molecular weight excluding hydrogens is 256 g/mol. The van der Waals surface area contributed by atoms with Gasteiger partial charge >= 0.3 is 0 Å². The van der Waals surface area contributed by atoms with Gasteiger partial charge in [0.25, 0.3) is 0 Å². The van der Waals surface area contributed by atoms with Crippen LogP contribution in [-0.4, -0.2) is 15.4 Å². The minimum absolute atomic E-state index is 0.0554. The van der Waals surface area contributed by atoms with Crippen LogP contribution in [0.4, 0.5) is 0 Å². The third kappa shape index (κ3) is 3.59. The summed E-state index contributed by atoms with van der Waals surface area (Å²) in [5.74, 6) is 0.822. The number of nitrogens with two attached hydrogens (primary N) is 2. The number of hydrogen-bond donors (Lipinski definition) is 2. The van der Waals surface area contributed by atoms with Gasteiger partial charge in [-0.2, -0.15) is 4.37 Å². The lowest BCUT2D eigenvalue weighted by atomic mass is 10.1. The van der Waals surface area contributed by atoms with E-state index in [1.165, 1.54) is 22.7 Å². The van der Waals surface area contributed by atoms with Crippen molar-refractivity contribution in [3.63, 3.8) is 0 Å². The minimum Gasteiger partial charge on any atom is -0.326 e. The predicted molar refractivity (Wildman–Crippen MR) is 79.1 cm³/mol. The van der Waals surface area contributed by atoms with E-state index in [2.05, 4.69) is 40.5 Å². The fourth-order valence-corrected chi connectivity index (χ4v) is 2.55. The molecule has 0 radical (unpaired) electrons. The highest BCUT2D eigenvalue weighted by molar-refractivity contribution is 7.05. The van der Waals surface area contributed by atoms with Gasteiger partial charge in [0.2, 0.25) is 0 Å². The van der Waals surface area contributed by atoms with Crippen LogP contribution in [0.25, 0.3) is 0 Å². The summed E-state index contributed by atoms with van der Waals surface area (Å²) < 4.78 is 4.37. The van der Waals surface area contributed by atoms with Crippen LogP contribution in [0.15, 0.2) is 24.3 Å². The Kier molecular flexibility index (Phi) is 4.63. The van der Waals surface area contributed by atoms with E-state index >= 15 is 0 Å². The van der Waals surface area contributed by atoms with Crippen LogP contribution in [-0.2, 0) is 6.42 Å². The Morgan fingerprint density at radius 3 is 2.53 bits per heavy atom. The van der Waals surface area contributed by atoms with Gasteiger partial charge in [0.1, 0.15) is 10.8 Å². The molecule has 2 atom stereocenters. The third-order valence-electron chi connectivity index (χ3n) is 3.18. The standard InChI is InChI=1S/C14H20N4S/c1-3-11(15)13(16)14-17-12(18-19-14)8-10-6-4-9(2)5-7-10/h4-7,11,13H,3,8,15-16H2,1-2H3/t11?,13-/m1/s1. The normalized spacial score (nSPS) is 14.3. The fourth-order valence-electron chi connectivity index (χ4n) is 1.80. The number of aryl methyl sites for hydroxylation is 1. The van der Waals surface area contributed by atoms with E-state index in [-0.39, 0.29) is 12.1 Å². The van der Waals surface area contributed by atoms with Crippen LogP contribution in [0.1, 0.15) is 41.3 Å². The van der Waals surface area contributed by atoms with Gasteiger partial charge in [0, 0.05) is 12.5 Å². The van der Waals surface area contributed by atoms with Crippen molar-refractivity contribution in [2.24, 2.45) is 11.5 Å². The molecule has 1 unspecified atom stereocenters. The van der Waals surface area contributed by atoms with E-state index in [4.69, 9.17) is 11.5 Å². The number of hydrogen-bond acceptors (Lipinski definition) is 5. The van der Waals surface area contributed by atoms with E-state index in [1.807, 2.05) is 6.92 Å². The fraction of sp³-hybridized carbons (Fsp3) is 0.429. The molecule has 4 N–H and O–H groups in total. The lowest BCUT2D eigenvalue weighted by Crippen LogP contribution is -2.33. The average molecular weight is 276 g/mol. The molecule has 2 aromatic rings. The molecule has 0 fully saturated rings. The van der Waals surface area contributed by atoms with Crippen LogP contribution in [0, 0.1) is 6.92 Å². The molecule has 0 aliphatic heterocycles. The van der Waals surface area contributed by atoms with Gasteiger partial charge in [0.05, 0.1) is 6.04 Å². The summed E-state index contributed by atoms with van der Waals surface area (Å²) in [5, 5.41) is 0.830. The molecule has 0 aliphatic rings. The zero-order valence-corrected chi connectivity index (χ0v) is 12.2. The second kappa shape index (κ2) is 6.23. The first-order valence-corrected chi connectivity index (χ1v) is 7.26. The number of benzene rings is 1. The van der Waals surface area contributed by atoms with Crippen molar-refractivity contribution >= 4 is 11.5 Å². The summed E-state index contributed by atoms with van der Waals surface area (Å²) in [6.07, 6.45) is 1.58. The van der Waals surface area contributed by atoms with Crippen LogP contribution in [0.3, 0.4) is 0 Å². The van der Waals surface area contributed by atoms with Crippen LogP contribution in [0.2, 0.25) is 0 Å². The zero-order chi connectivity index (χ0) is 13.8. The topological polar surface area (TPSA) is 77.8 Å². The van der Waals surface area contributed by atoms with Crippen LogP contribution in [0.5, 0.6) is 0 Å². The Morgan fingerprint density at radius 1 is 1.21 bits per heavy atom. The van der Waals surface area contributed by atoms with E-state index < -0.39 is 0 Å². The van der Waals surface area contributed by atoms with Crippen molar-refractivity contribution in [2.75, 3.05) is 0 Å². The maximum Gasteiger partial charge on any atom is 0.147 e. The zero-order valence-electron chi connectivity index (χ0n) is 11.3. The molecule has 5 heteroatoms. The molecule has 1 heterocycles. The highest BCUT2D eigenvalue weighted by Crippen LogP contribution is 2.18. The Labute approximate surface area is 118 Å². The molecule has 0 saturated carbocycles. The number of rotatable bonds is 5. The Morgan fingerprint density at radius 2 is 1.89 bits per heavy atom. The van der Waals surface area contributed by atoms with Gasteiger partial charge in [0.15, 0.2) is 0 Å². The number of nitrogens with zero attached hydrogens (tertiary/aromatic N) is 2. The molecule has 1 aromatic carbocycles. The largest absolute Gasteiger partial charge is 0.326 e. The summed E-state index contributed by atoms with van der Waals surface area (Å²) in [5.41, 5.74) is 14.5.